The van der Waals surface area contributed by atoms with Crippen LogP contribution in [-0.4, -0.2) is 34.8 Å². The molecular weight excluding hydrogens is 209 g/mol. The highest BCUT2D eigenvalue weighted by Crippen LogP contribution is 2.29. The zero-order valence-electron chi connectivity index (χ0n) is 10.4. The number of ether oxygens (including phenoxy) is 1. The first kappa shape index (κ1) is 13.0. The standard InChI is InChI=1S/C12H20FNO2/c1-6-10-9(13)7-8(2)14(10)11(15)16-12(3,4)5/h6,8-10H,1,7H2,2-5H3/t8-,9+,10?/m1/s1. The zero-order valence-corrected chi connectivity index (χ0v) is 10.4. The van der Waals surface area contributed by atoms with Crippen molar-refractivity contribution in [3.63, 3.8) is 0 Å². The molecule has 0 N–H and O–H groups in total. The SMILES string of the molecule is C=CC1[C@@H](F)C[C@@H](C)N1C(=O)OC(C)(C)C. The highest BCUT2D eigenvalue weighted by molar-refractivity contribution is 5.70. The molecule has 3 nitrogen and oxygen atoms in total. The van der Waals surface area contributed by atoms with E-state index in [2.05, 4.69) is 6.58 Å². The van der Waals surface area contributed by atoms with E-state index in [0.717, 1.165) is 0 Å². The van der Waals surface area contributed by atoms with Gasteiger partial charge in [-0.25, -0.2) is 9.18 Å². The molecule has 1 heterocycles. The van der Waals surface area contributed by atoms with E-state index in [1.807, 2.05) is 6.92 Å². The van der Waals surface area contributed by atoms with Gasteiger partial charge in [0.15, 0.2) is 0 Å². The number of hydrogen-bond acceptors (Lipinski definition) is 2. The maximum absolute atomic E-state index is 13.6. The average molecular weight is 229 g/mol. The van der Waals surface area contributed by atoms with Gasteiger partial charge in [-0.1, -0.05) is 6.08 Å². The summed E-state index contributed by atoms with van der Waals surface area (Å²) in [7, 11) is 0. The topological polar surface area (TPSA) is 29.5 Å². The van der Waals surface area contributed by atoms with E-state index < -0.39 is 23.9 Å². The van der Waals surface area contributed by atoms with Crippen molar-refractivity contribution in [3.05, 3.63) is 12.7 Å². The molecule has 1 aliphatic heterocycles. The molecule has 3 atom stereocenters. The molecule has 0 bridgehead atoms. The van der Waals surface area contributed by atoms with Crippen LogP contribution in [0, 0.1) is 0 Å². The third-order valence-electron chi connectivity index (χ3n) is 2.58. The summed E-state index contributed by atoms with van der Waals surface area (Å²) in [4.78, 5) is 13.3. The Morgan fingerprint density at radius 3 is 2.56 bits per heavy atom. The van der Waals surface area contributed by atoms with Crippen LogP contribution in [0.15, 0.2) is 12.7 Å². The molecule has 0 saturated carbocycles. The Morgan fingerprint density at radius 1 is 1.56 bits per heavy atom. The minimum atomic E-state index is -1.04. The highest BCUT2D eigenvalue weighted by Gasteiger charge is 2.42. The van der Waals surface area contributed by atoms with E-state index in [0.29, 0.717) is 6.42 Å². The molecule has 0 spiro atoms. The lowest BCUT2D eigenvalue weighted by Gasteiger charge is -2.30. The Bertz CT molecular complexity index is 285. The number of hydrogen-bond donors (Lipinski definition) is 0. The lowest BCUT2D eigenvalue weighted by Crippen LogP contribution is -2.43. The van der Waals surface area contributed by atoms with Crippen LogP contribution >= 0.6 is 0 Å². The number of amides is 1. The van der Waals surface area contributed by atoms with Crippen LogP contribution in [0.2, 0.25) is 0 Å². The van der Waals surface area contributed by atoms with Crippen LogP contribution in [-0.2, 0) is 4.74 Å². The summed E-state index contributed by atoms with van der Waals surface area (Å²) in [6.07, 6.45) is 0.304. The van der Waals surface area contributed by atoms with Gasteiger partial charge in [-0.05, 0) is 27.7 Å². The van der Waals surface area contributed by atoms with E-state index in [1.54, 1.807) is 20.8 Å². The molecule has 0 aliphatic carbocycles. The normalized spacial score (nSPS) is 30.3. The summed E-state index contributed by atoms with van der Waals surface area (Å²) in [5.74, 6) is 0. The molecule has 92 valence electrons. The second-order valence-corrected chi connectivity index (χ2v) is 5.21. The second kappa shape index (κ2) is 4.44. The highest BCUT2D eigenvalue weighted by atomic mass is 19.1. The molecule has 0 aromatic rings. The largest absolute Gasteiger partial charge is 0.444 e. The maximum atomic E-state index is 13.6. The number of carbonyl (C=O) groups is 1. The quantitative estimate of drug-likeness (QED) is 0.647. The monoisotopic (exact) mass is 229 g/mol. The van der Waals surface area contributed by atoms with E-state index in [9.17, 15) is 9.18 Å². The second-order valence-electron chi connectivity index (χ2n) is 5.21. The van der Waals surface area contributed by atoms with Crippen LogP contribution in [0.3, 0.4) is 0 Å². The number of alkyl halides is 1. The van der Waals surface area contributed by atoms with Crippen molar-refractivity contribution in [1.29, 1.82) is 0 Å². The minimum absolute atomic E-state index is 0.146. The van der Waals surface area contributed by atoms with Crippen molar-refractivity contribution >= 4 is 6.09 Å². The lowest BCUT2D eigenvalue weighted by molar-refractivity contribution is 0.0177. The molecule has 1 aliphatic rings. The number of nitrogens with zero attached hydrogens (tertiary/aromatic N) is 1. The summed E-state index contributed by atoms with van der Waals surface area (Å²) in [6.45, 7) is 10.8. The number of carbonyl (C=O) groups excluding carboxylic acids is 1. The van der Waals surface area contributed by atoms with Gasteiger partial charge in [0.05, 0.1) is 6.04 Å². The fourth-order valence-corrected chi connectivity index (χ4v) is 1.92. The molecule has 0 aromatic heterocycles. The third-order valence-corrected chi connectivity index (χ3v) is 2.58. The van der Waals surface area contributed by atoms with Gasteiger partial charge < -0.3 is 4.74 Å². The summed E-state index contributed by atoms with van der Waals surface area (Å²) < 4.78 is 18.8. The first-order valence-electron chi connectivity index (χ1n) is 5.54. The van der Waals surface area contributed by atoms with E-state index in [4.69, 9.17) is 4.74 Å². The Labute approximate surface area is 96.3 Å². The minimum Gasteiger partial charge on any atom is -0.444 e. The van der Waals surface area contributed by atoms with Crippen molar-refractivity contribution < 1.29 is 13.9 Å². The molecular formula is C12H20FNO2. The Morgan fingerprint density at radius 2 is 2.12 bits per heavy atom. The van der Waals surface area contributed by atoms with Crippen molar-refractivity contribution in [2.45, 2.75) is 58.0 Å². The van der Waals surface area contributed by atoms with Crippen LogP contribution < -0.4 is 0 Å². The molecule has 1 fully saturated rings. The van der Waals surface area contributed by atoms with Gasteiger partial charge in [0.25, 0.3) is 0 Å². The van der Waals surface area contributed by atoms with Crippen LogP contribution in [0.4, 0.5) is 9.18 Å². The number of halogens is 1. The molecule has 1 amide bonds. The fraction of sp³-hybridized carbons (Fsp3) is 0.750. The smallest absolute Gasteiger partial charge is 0.411 e. The van der Waals surface area contributed by atoms with Crippen molar-refractivity contribution in [2.24, 2.45) is 0 Å². The van der Waals surface area contributed by atoms with E-state index >= 15 is 0 Å². The number of likely N-dealkylation sites (tertiary alicyclic amines) is 1. The van der Waals surface area contributed by atoms with Gasteiger partial charge in [0, 0.05) is 12.5 Å². The Hall–Kier alpha value is -1.06. The van der Waals surface area contributed by atoms with Crippen LogP contribution in [0.25, 0.3) is 0 Å². The molecule has 0 radical (unpaired) electrons. The summed E-state index contributed by atoms with van der Waals surface area (Å²) in [5, 5.41) is 0. The fourth-order valence-electron chi connectivity index (χ4n) is 1.92. The molecule has 0 aromatic carbocycles. The predicted octanol–water partition coefficient (Wildman–Crippen LogP) is 2.91. The zero-order chi connectivity index (χ0) is 12.5. The first-order chi connectivity index (χ1) is 7.26. The van der Waals surface area contributed by atoms with Crippen molar-refractivity contribution in [3.8, 4) is 0 Å². The molecule has 1 unspecified atom stereocenters. The van der Waals surface area contributed by atoms with Crippen LogP contribution in [0.1, 0.15) is 34.1 Å². The summed E-state index contributed by atoms with van der Waals surface area (Å²) >= 11 is 0. The third kappa shape index (κ3) is 2.74. The Kier molecular flexibility index (Phi) is 3.61. The van der Waals surface area contributed by atoms with Gasteiger partial charge in [-0.2, -0.15) is 0 Å². The summed E-state index contributed by atoms with van der Waals surface area (Å²) in [5.41, 5.74) is -0.559. The lowest BCUT2D eigenvalue weighted by atomic mass is 10.2. The average Bonchev–Trinajstić information content (AvgIpc) is 2.37. The molecule has 1 saturated heterocycles. The predicted molar refractivity (Wildman–Crippen MR) is 61.0 cm³/mol. The Balaban J connectivity index is 2.78. The van der Waals surface area contributed by atoms with Crippen molar-refractivity contribution in [2.75, 3.05) is 0 Å². The summed E-state index contributed by atoms with van der Waals surface area (Å²) in [6, 6.07) is -0.710. The van der Waals surface area contributed by atoms with Gasteiger partial charge in [-0.3, -0.25) is 4.90 Å². The maximum Gasteiger partial charge on any atom is 0.411 e. The van der Waals surface area contributed by atoms with Gasteiger partial charge in [0.1, 0.15) is 11.8 Å². The number of rotatable bonds is 1. The molecule has 1 rings (SSSR count). The van der Waals surface area contributed by atoms with Crippen molar-refractivity contribution in [1.82, 2.24) is 4.90 Å². The molecule has 16 heavy (non-hydrogen) atoms. The van der Waals surface area contributed by atoms with Crippen LogP contribution in [0.5, 0.6) is 0 Å². The van der Waals surface area contributed by atoms with Gasteiger partial charge in [-0.15, -0.1) is 6.58 Å². The molecule has 4 heteroatoms. The first-order valence-corrected chi connectivity index (χ1v) is 5.54. The van der Waals surface area contributed by atoms with Gasteiger partial charge in [0.2, 0.25) is 0 Å². The van der Waals surface area contributed by atoms with Gasteiger partial charge >= 0.3 is 6.09 Å². The van der Waals surface area contributed by atoms with E-state index in [1.165, 1.54) is 11.0 Å². The van der Waals surface area contributed by atoms with E-state index in [-0.39, 0.29) is 6.04 Å².